The minimum atomic E-state index is -0.0466. The first kappa shape index (κ1) is 15.2. The molecule has 1 aliphatic heterocycles. The summed E-state index contributed by atoms with van der Waals surface area (Å²) < 4.78 is 0. The molecule has 2 N–H and O–H groups in total. The Morgan fingerprint density at radius 2 is 2.23 bits per heavy atom. The van der Waals surface area contributed by atoms with E-state index in [1.165, 1.54) is 5.56 Å². The lowest BCUT2D eigenvalue weighted by Crippen LogP contribution is -2.46. The van der Waals surface area contributed by atoms with Gasteiger partial charge in [-0.1, -0.05) is 30.3 Å². The number of benzene rings is 1. The molecule has 0 bridgehead atoms. The van der Waals surface area contributed by atoms with Crippen molar-refractivity contribution >= 4 is 17.2 Å². The minimum absolute atomic E-state index is 0.0466. The summed E-state index contributed by atoms with van der Waals surface area (Å²) in [6, 6.07) is 10.9. The van der Waals surface area contributed by atoms with Crippen LogP contribution in [-0.2, 0) is 6.42 Å². The van der Waals surface area contributed by atoms with Crippen LogP contribution >= 0.6 is 11.3 Å². The first-order chi connectivity index (χ1) is 10.7. The van der Waals surface area contributed by atoms with Gasteiger partial charge in [-0.2, -0.15) is 0 Å². The van der Waals surface area contributed by atoms with Crippen LogP contribution in [0.3, 0.4) is 0 Å². The lowest BCUT2D eigenvalue weighted by atomic mass is 10.0. The smallest absolute Gasteiger partial charge is 0.270 e. The summed E-state index contributed by atoms with van der Waals surface area (Å²) in [7, 11) is 0. The third-order valence-corrected chi connectivity index (χ3v) is 4.79. The lowest BCUT2D eigenvalue weighted by Gasteiger charge is -2.28. The zero-order valence-electron chi connectivity index (χ0n) is 12.7. The van der Waals surface area contributed by atoms with Crippen LogP contribution in [0.25, 0.3) is 0 Å². The molecule has 0 spiro atoms. The quantitative estimate of drug-likeness (QED) is 0.912. The van der Waals surface area contributed by atoms with Crippen LogP contribution in [0.5, 0.6) is 0 Å². The highest BCUT2D eigenvalue weighted by molar-refractivity contribution is 7.09. The summed E-state index contributed by atoms with van der Waals surface area (Å²) in [5.74, 6) is -0.0466. The molecule has 2 heterocycles. The Hall–Kier alpha value is -1.72. The maximum absolute atomic E-state index is 12.3. The van der Waals surface area contributed by atoms with Crippen molar-refractivity contribution in [3.8, 4) is 0 Å². The highest BCUT2D eigenvalue weighted by Crippen LogP contribution is 2.16. The third kappa shape index (κ3) is 3.93. The number of rotatable bonds is 4. The Morgan fingerprint density at radius 1 is 1.41 bits per heavy atom. The monoisotopic (exact) mass is 315 g/mol. The summed E-state index contributed by atoms with van der Waals surface area (Å²) in [6.07, 6.45) is 2.74. The molecule has 0 saturated carbocycles. The second-order valence-corrected chi connectivity index (χ2v) is 6.78. The van der Waals surface area contributed by atoms with E-state index in [-0.39, 0.29) is 11.9 Å². The molecule has 22 heavy (non-hydrogen) atoms. The average Bonchev–Trinajstić information content (AvgIpc) is 2.97. The summed E-state index contributed by atoms with van der Waals surface area (Å²) in [5, 5.41) is 9.34. The first-order valence-corrected chi connectivity index (χ1v) is 8.61. The summed E-state index contributed by atoms with van der Waals surface area (Å²) in [4.78, 5) is 16.8. The predicted octanol–water partition coefficient (Wildman–Crippen LogP) is 2.60. The van der Waals surface area contributed by atoms with Crippen molar-refractivity contribution in [3.05, 3.63) is 52.0 Å². The van der Waals surface area contributed by atoms with E-state index in [0.29, 0.717) is 11.7 Å². The summed E-state index contributed by atoms with van der Waals surface area (Å²) in [5.41, 5.74) is 1.76. The number of amides is 1. The van der Waals surface area contributed by atoms with Crippen molar-refractivity contribution in [2.45, 2.75) is 38.3 Å². The van der Waals surface area contributed by atoms with Crippen LogP contribution in [0.2, 0.25) is 0 Å². The van der Waals surface area contributed by atoms with E-state index >= 15 is 0 Å². The normalized spacial score (nSPS) is 21.5. The molecule has 1 fully saturated rings. The van der Waals surface area contributed by atoms with Gasteiger partial charge in [0.25, 0.3) is 5.91 Å². The number of hydrogen-bond donors (Lipinski definition) is 2. The van der Waals surface area contributed by atoms with Crippen molar-refractivity contribution in [2.24, 2.45) is 0 Å². The second kappa shape index (κ2) is 7.03. The Labute approximate surface area is 135 Å². The van der Waals surface area contributed by atoms with E-state index in [9.17, 15) is 4.79 Å². The standard InChI is InChI=1S/C17H21N3OS/c1-12-9-14(7-8-18-12)19-17(21)15-11-22-16(20-15)10-13-5-3-2-4-6-13/h2-6,11-12,14,18H,7-10H2,1H3,(H,19,21). The van der Waals surface area contributed by atoms with Gasteiger partial charge in [0.15, 0.2) is 0 Å². The van der Waals surface area contributed by atoms with Gasteiger partial charge in [0.05, 0.1) is 5.01 Å². The van der Waals surface area contributed by atoms with Crippen LogP contribution in [-0.4, -0.2) is 29.5 Å². The van der Waals surface area contributed by atoms with Crippen molar-refractivity contribution in [1.82, 2.24) is 15.6 Å². The predicted molar refractivity (Wildman–Crippen MR) is 89.3 cm³/mol. The SMILES string of the molecule is CC1CC(NC(=O)c2csc(Cc3ccccc3)n2)CCN1. The van der Waals surface area contributed by atoms with Gasteiger partial charge in [-0.05, 0) is 31.9 Å². The molecule has 4 nitrogen and oxygen atoms in total. The molecule has 116 valence electrons. The Bertz CT molecular complexity index is 626. The molecule has 1 saturated heterocycles. The van der Waals surface area contributed by atoms with Crippen LogP contribution in [0.1, 0.15) is 40.8 Å². The molecule has 3 rings (SSSR count). The number of hydrogen-bond acceptors (Lipinski definition) is 4. The molecule has 2 atom stereocenters. The molecular weight excluding hydrogens is 294 g/mol. The lowest BCUT2D eigenvalue weighted by molar-refractivity contribution is 0.0921. The van der Waals surface area contributed by atoms with Crippen LogP contribution in [0.15, 0.2) is 35.7 Å². The van der Waals surface area contributed by atoms with Gasteiger partial charge in [-0.25, -0.2) is 4.98 Å². The maximum Gasteiger partial charge on any atom is 0.270 e. The highest BCUT2D eigenvalue weighted by Gasteiger charge is 2.21. The minimum Gasteiger partial charge on any atom is -0.348 e. The van der Waals surface area contributed by atoms with Crippen LogP contribution in [0.4, 0.5) is 0 Å². The van der Waals surface area contributed by atoms with Gasteiger partial charge in [-0.15, -0.1) is 11.3 Å². The Kier molecular flexibility index (Phi) is 4.85. The van der Waals surface area contributed by atoms with E-state index in [2.05, 4.69) is 34.7 Å². The van der Waals surface area contributed by atoms with Crippen LogP contribution in [0, 0.1) is 0 Å². The zero-order chi connectivity index (χ0) is 15.4. The zero-order valence-corrected chi connectivity index (χ0v) is 13.5. The van der Waals surface area contributed by atoms with Gasteiger partial charge in [0, 0.05) is 23.9 Å². The molecular formula is C17H21N3OS. The van der Waals surface area contributed by atoms with E-state index in [1.54, 1.807) is 11.3 Å². The summed E-state index contributed by atoms with van der Waals surface area (Å²) >= 11 is 1.55. The average molecular weight is 315 g/mol. The van der Waals surface area contributed by atoms with Crippen molar-refractivity contribution in [1.29, 1.82) is 0 Å². The molecule has 2 unspecified atom stereocenters. The van der Waals surface area contributed by atoms with Crippen LogP contribution < -0.4 is 10.6 Å². The Balaban J connectivity index is 1.59. The first-order valence-electron chi connectivity index (χ1n) is 7.73. The molecule has 5 heteroatoms. The van der Waals surface area contributed by atoms with E-state index in [0.717, 1.165) is 30.8 Å². The molecule has 1 aromatic carbocycles. The third-order valence-electron chi connectivity index (χ3n) is 3.94. The highest BCUT2D eigenvalue weighted by atomic mass is 32.1. The molecule has 2 aromatic rings. The molecule has 1 aliphatic rings. The van der Waals surface area contributed by atoms with Crippen molar-refractivity contribution in [3.63, 3.8) is 0 Å². The van der Waals surface area contributed by atoms with Crippen molar-refractivity contribution in [2.75, 3.05) is 6.54 Å². The molecule has 0 aliphatic carbocycles. The van der Waals surface area contributed by atoms with Gasteiger partial charge < -0.3 is 10.6 Å². The largest absolute Gasteiger partial charge is 0.348 e. The number of aromatic nitrogens is 1. The van der Waals surface area contributed by atoms with Gasteiger partial charge in [-0.3, -0.25) is 4.79 Å². The summed E-state index contributed by atoms with van der Waals surface area (Å²) in [6.45, 7) is 3.11. The van der Waals surface area contributed by atoms with Gasteiger partial charge in [0.2, 0.25) is 0 Å². The Morgan fingerprint density at radius 3 is 3.00 bits per heavy atom. The second-order valence-electron chi connectivity index (χ2n) is 5.84. The van der Waals surface area contributed by atoms with Crippen molar-refractivity contribution < 1.29 is 4.79 Å². The fourth-order valence-electron chi connectivity index (χ4n) is 2.79. The number of nitrogens with zero attached hydrogens (tertiary/aromatic N) is 1. The number of carbonyl (C=O) groups excluding carboxylic acids is 1. The fourth-order valence-corrected chi connectivity index (χ4v) is 3.60. The molecule has 1 aromatic heterocycles. The number of nitrogens with one attached hydrogen (secondary N) is 2. The van der Waals surface area contributed by atoms with Gasteiger partial charge >= 0.3 is 0 Å². The number of carbonyl (C=O) groups is 1. The molecule has 0 radical (unpaired) electrons. The van der Waals surface area contributed by atoms with E-state index in [4.69, 9.17) is 0 Å². The topological polar surface area (TPSA) is 54.0 Å². The van der Waals surface area contributed by atoms with Gasteiger partial charge in [0.1, 0.15) is 5.69 Å². The maximum atomic E-state index is 12.3. The fraction of sp³-hybridized carbons (Fsp3) is 0.412. The number of piperidine rings is 1. The molecule has 1 amide bonds. The number of thiazole rings is 1. The van der Waals surface area contributed by atoms with E-state index in [1.807, 2.05) is 23.6 Å². The van der Waals surface area contributed by atoms with E-state index < -0.39 is 0 Å².